The van der Waals surface area contributed by atoms with E-state index in [2.05, 4.69) is 31.4 Å². The number of anilines is 2. The molecule has 18 heteroatoms. The van der Waals surface area contributed by atoms with Crippen molar-refractivity contribution in [2.45, 2.75) is 52.7 Å². The van der Waals surface area contributed by atoms with Crippen molar-refractivity contribution >= 4 is 64.6 Å². The van der Waals surface area contributed by atoms with Crippen LogP contribution in [-0.2, 0) is 56.0 Å². The number of fused-ring (bicyclic) bond motifs is 2. The standard InChI is InChI=1S/2C23H20ClN3O2S.C6H7NO2S/c24-20-10-11-23-19(12-20)13-21(26-30(28,29)22-8-2-1-3-9-22)16-27(23)15-18-7-5-4-6-17(18)14-25;24-20-9-10-23-19(12-20)13-21(26-30(28,29)22-7-2-1-3-8-22)16-27(23)15-18-6-4-5-17(11-18)14-25;7-10(8,9)6-4-2-1-3-5-6/h2*1-12,21,26H,13,15-16H2;1-5H,(H2,7,8,9). The SMILES string of the molecule is N#Cc1cccc(CN2CC(NS(=O)(=O)c3ccccc3)Cc3cc(Cl)ccc32)c1.N#Cc1ccccc1CN1CC(NS(=O)(=O)c2ccccc2)Cc2cc(Cl)ccc21.NS(=O)(=O)c1ccccc1. The van der Waals surface area contributed by atoms with Crippen molar-refractivity contribution in [2.75, 3.05) is 22.9 Å². The van der Waals surface area contributed by atoms with Crippen molar-refractivity contribution in [1.29, 1.82) is 10.5 Å². The average molecular weight is 1030 g/mol. The normalized spacial score (nSPS) is 15.3. The summed E-state index contributed by atoms with van der Waals surface area (Å²) in [4.78, 5) is 4.86. The fourth-order valence-corrected chi connectivity index (χ4v) is 11.6. The summed E-state index contributed by atoms with van der Waals surface area (Å²) in [6.07, 6.45) is 1.09. The van der Waals surface area contributed by atoms with Crippen molar-refractivity contribution in [3.05, 3.63) is 219 Å². The molecular weight excluding hydrogens is 986 g/mol. The Kier molecular flexibility index (Phi) is 16.8. The second-order valence-electron chi connectivity index (χ2n) is 16.4. The van der Waals surface area contributed by atoms with Crippen molar-refractivity contribution in [2.24, 2.45) is 5.14 Å². The van der Waals surface area contributed by atoms with Crippen LogP contribution in [0.2, 0.25) is 10.0 Å². The van der Waals surface area contributed by atoms with Gasteiger partial charge in [0.05, 0.1) is 38.0 Å². The van der Waals surface area contributed by atoms with Crippen molar-refractivity contribution in [3.8, 4) is 12.1 Å². The zero-order chi connectivity index (χ0) is 49.9. The molecule has 9 rings (SSSR count). The summed E-state index contributed by atoms with van der Waals surface area (Å²) in [6, 6.07) is 54.6. The number of sulfonamides is 3. The smallest absolute Gasteiger partial charge is 0.240 e. The van der Waals surface area contributed by atoms with E-state index in [0.717, 1.165) is 33.6 Å². The molecule has 358 valence electrons. The highest BCUT2D eigenvalue weighted by molar-refractivity contribution is 7.90. The summed E-state index contributed by atoms with van der Waals surface area (Å²) >= 11 is 12.4. The zero-order valence-electron chi connectivity index (χ0n) is 37.4. The second kappa shape index (κ2) is 22.9. The van der Waals surface area contributed by atoms with Gasteiger partial charge in [0.1, 0.15) is 0 Å². The van der Waals surface area contributed by atoms with E-state index in [-0.39, 0.29) is 26.8 Å². The Balaban J connectivity index is 0.000000173. The molecule has 70 heavy (non-hydrogen) atoms. The molecule has 0 fully saturated rings. The van der Waals surface area contributed by atoms with Crippen molar-refractivity contribution in [1.82, 2.24) is 9.44 Å². The molecule has 0 aromatic heterocycles. The van der Waals surface area contributed by atoms with E-state index in [1.165, 1.54) is 12.1 Å². The number of primary sulfonamides is 1. The van der Waals surface area contributed by atoms with Gasteiger partial charge in [-0.05, 0) is 126 Å². The van der Waals surface area contributed by atoms with Gasteiger partial charge in [0.15, 0.2) is 0 Å². The molecule has 0 bridgehead atoms. The van der Waals surface area contributed by atoms with Crippen LogP contribution in [0.25, 0.3) is 0 Å². The van der Waals surface area contributed by atoms with Gasteiger partial charge >= 0.3 is 0 Å². The van der Waals surface area contributed by atoms with E-state index in [4.69, 9.17) is 28.3 Å². The number of nitriles is 2. The van der Waals surface area contributed by atoms with Gasteiger partial charge in [-0.15, -0.1) is 0 Å². The first-order valence-electron chi connectivity index (χ1n) is 21.8. The van der Waals surface area contributed by atoms with Crippen molar-refractivity contribution in [3.63, 3.8) is 0 Å². The third-order valence-electron chi connectivity index (χ3n) is 11.3. The molecule has 2 atom stereocenters. The highest BCUT2D eigenvalue weighted by atomic mass is 35.5. The molecule has 0 radical (unpaired) electrons. The van der Waals surface area contributed by atoms with Crippen LogP contribution >= 0.6 is 23.2 Å². The number of halogens is 2. The van der Waals surface area contributed by atoms with E-state index in [1.807, 2.05) is 72.8 Å². The average Bonchev–Trinajstić information content (AvgIpc) is 3.34. The van der Waals surface area contributed by atoms with Crippen LogP contribution in [0.15, 0.2) is 191 Å². The summed E-state index contributed by atoms with van der Waals surface area (Å²) in [5.74, 6) is 0. The van der Waals surface area contributed by atoms with Crippen LogP contribution in [-0.4, -0.2) is 50.4 Å². The quantitative estimate of drug-likeness (QED) is 0.113. The molecule has 2 unspecified atom stereocenters. The predicted octanol–water partition coefficient (Wildman–Crippen LogP) is 8.58. The fraction of sp³-hybridized carbons (Fsp3) is 0.154. The number of nitrogens with one attached hydrogen (secondary N) is 2. The number of nitrogens with zero attached hydrogens (tertiary/aromatic N) is 4. The van der Waals surface area contributed by atoms with Gasteiger partial charge in [-0.1, -0.05) is 108 Å². The molecular formula is C52H47Cl2N7O6S3. The zero-order valence-corrected chi connectivity index (χ0v) is 41.4. The molecule has 7 aromatic rings. The monoisotopic (exact) mass is 1030 g/mol. The summed E-state index contributed by atoms with van der Waals surface area (Å²) in [6.45, 7) is 2.06. The van der Waals surface area contributed by atoms with Crippen LogP contribution < -0.4 is 24.4 Å². The summed E-state index contributed by atoms with van der Waals surface area (Å²) in [7, 11) is -10.8. The topological polar surface area (TPSA) is 207 Å². The van der Waals surface area contributed by atoms with E-state index < -0.39 is 30.1 Å². The van der Waals surface area contributed by atoms with Crippen LogP contribution in [0.5, 0.6) is 0 Å². The molecule has 0 amide bonds. The Hall–Kier alpha value is -6.57. The first-order valence-corrected chi connectivity index (χ1v) is 27.0. The van der Waals surface area contributed by atoms with Gasteiger partial charge in [-0.25, -0.2) is 39.8 Å². The highest BCUT2D eigenvalue weighted by Gasteiger charge is 2.30. The molecule has 2 aliphatic rings. The Bertz CT molecular complexity index is 3380. The maximum absolute atomic E-state index is 12.8. The molecule has 4 N–H and O–H groups in total. The van der Waals surface area contributed by atoms with Gasteiger partial charge < -0.3 is 9.80 Å². The Morgan fingerprint density at radius 1 is 0.529 bits per heavy atom. The molecule has 0 saturated heterocycles. The minimum atomic E-state index is -3.64. The Labute approximate surface area is 419 Å². The lowest BCUT2D eigenvalue weighted by atomic mass is 9.97. The van der Waals surface area contributed by atoms with Gasteiger partial charge in [0.25, 0.3) is 0 Å². The molecule has 0 saturated carbocycles. The van der Waals surface area contributed by atoms with E-state index in [9.17, 15) is 35.8 Å². The fourth-order valence-electron chi connectivity index (χ4n) is 8.22. The molecule has 2 aliphatic heterocycles. The number of nitrogens with two attached hydrogens (primary N) is 1. The number of hydrogen-bond donors (Lipinski definition) is 3. The van der Waals surface area contributed by atoms with Gasteiger partial charge in [0.2, 0.25) is 30.1 Å². The Morgan fingerprint density at radius 3 is 1.44 bits per heavy atom. The summed E-state index contributed by atoms with van der Waals surface area (Å²) < 4.78 is 78.3. The van der Waals surface area contributed by atoms with Crippen LogP contribution in [0, 0.1) is 22.7 Å². The second-order valence-corrected chi connectivity index (χ2v) is 22.3. The van der Waals surface area contributed by atoms with Crippen molar-refractivity contribution < 1.29 is 25.3 Å². The lowest BCUT2D eigenvalue weighted by molar-refractivity contribution is 0.523. The lowest BCUT2D eigenvalue weighted by Gasteiger charge is -2.36. The molecule has 13 nitrogen and oxygen atoms in total. The number of hydrogen-bond acceptors (Lipinski definition) is 10. The first-order chi connectivity index (χ1) is 33.5. The Morgan fingerprint density at radius 2 is 0.986 bits per heavy atom. The lowest BCUT2D eigenvalue weighted by Crippen LogP contribution is -2.48. The summed E-state index contributed by atoms with van der Waals surface area (Å²) in [5.41, 5.74) is 7.09. The van der Waals surface area contributed by atoms with Gasteiger partial charge in [-0.2, -0.15) is 10.5 Å². The van der Waals surface area contributed by atoms with Crippen LogP contribution in [0.4, 0.5) is 11.4 Å². The van der Waals surface area contributed by atoms with Crippen LogP contribution in [0.1, 0.15) is 33.4 Å². The molecule has 7 aromatic carbocycles. The number of rotatable bonds is 11. The van der Waals surface area contributed by atoms with E-state index >= 15 is 0 Å². The highest BCUT2D eigenvalue weighted by Crippen LogP contribution is 2.33. The van der Waals surface area contributed by atoms with E-state index in [0.29, 0.717) is 60.2 Å². The van der Waals surface area contributed by atoms with Crippen LogP contribution in [0.3, 0.4) is 0 Å². The minimum absolute atomic E-state index is 0.148. The third-order valence-corrected chi connectivity index (χ3v) is 15.8. The maximum Gasteiger partial charge on any atom is 0.240 e. The summed E-state index contributed by atoms with van der Waals surface area (Å²) in [5, 5.41) is 24.7. The molecule has 0 spiro atoms. The maximum atomic E-state index is 12.8. The minimum Gasteiger partial charge on any atom is -0.365 e. The van der Waals surface area contributed by atoms with E-state index in [1.54, 1.807) is 91.0 Å². The van der Waals surface area contributed by atoms with Gasteiger partial charge in [0, 0.05) is 59.7 Å². The largest absolute Gasteiger partial charge is 0.365 e. The molecule has 0 aliphatic carbocycles. The predicted molar refractivity (Wildman–Crippen MR) is 274 cm³/mol. The molecule has 2 heterocycles. The third kappa shape index (κ3) is 13.6. The van der Waals surface area contributed by atoms with Gasteiger partial charge in [-0.3, -0.25) is 0 Å². The first kappa shape index (κ1) is 51.3. The number of benzene rings is 7.